The quantitative estimate of drug-likeness (QED) is 0.808. The SMILES string of the molecule is CC(=O)N(CCCc1ccccc1)CCC(=O)Nc1cc(C)on1. The van der Waals surface area contributed by atoms with Gasteiger partial charge < -0.3 is 14.7 Å². The summed E-state index contributed by atoms with van der Waals surface area (Å²) in [5.41, 5.74) is 1.25. The van der Waals surface area contributed by atoms with Crippen LogP contribution < -0.4 is 5.32 Å². The molecule has 2 aromatic rings. The fraction of sp³-hybridized carbons (Fsp3) is 0.389. The molecule has 0 saturated carbocycles. The molecule has 6 nitrogen and oxygen atoms in total. The number of hydrogen-bond donors (Lipinski definition) is 1. The Morgan fingerprint density at radius 1 is 1.21 bits per heavy atom. The van der Waals surface area contributed by atoms with Gasteiger partial charge in [0.25, 0.3) is 0 Å². The molecule has 1 heterocycles. The number of carbonyl (C=O) groups is 2. The minimum absolute atomic E-state index is 0.0202. The second kappa shape index (κ2) is 8.86. The fourth-order valence-electron chi connectivity index (χ4n) is 2.41. The van der Waals surface area contributed by atoms with Gasteiger partial charge in [-0.15, -0.1) is 0 Å². The molecule has 0 atom stereocenters. The summed E-state index contributed by atoms with van der Waals surface area (Å²) in [6.07, 6.45) is 2.01. The maximum Gasteiger partial charge on any atom is 0.227 e. The third-order valence-electron chi connectivity index (χ3n) is 3.69. The van der Waals surface area contributed by atoms with E-state index in [1.165, 1.54) is 12.5 Å². The molecule has 0 aliphatic carbocycles. The molecule has 128 valence electrons. The first-order valence-electron chi connectivity index (χ1n) is 8.07. The van der Waals surface area contributed by atoms with Crippen molar-refractivity contribution >= 4 is 17.6 Å². The first kappa shape index (κ1) is 17.7. The van der Waals surface area contributed by atoms with Crippen molar-refractivity contribution < 1.29 is 14.1 Å². The van der Waals surface area contributed by atoms with Crippen molar-refractivity contribution in [3.05, 3.63) is 47.7 Å². The van der Waals surface area contributed by atoms with Crippen LogP contribution in [0.4, 0.5) is 5.82 Å². The highest BCUT2D eigenvalue weighted by atomic mass is 16.5. The minimum Gasteiger partial charge on any atom is -0.360 e. The number of anilines is 1. The average molecular weight is 329 g/mol. The number of hydrogen-bond acceptors (Lipinski definition) is 4. The maximum absolute atomic E-state index is 11.9. The van der Waals surface area contributed by atoms with Crippen molar-refractivity contribution in [2.45, 2.75) is 33.1 Å². The lowest BCUT2D eigenvalue weighted by atomic mass is 10.1. The van der Waals surface area contributed by atoms with Crippen molar-refractivity contribution in [2.75, 3.05) is 18.4 Å². The Bertz CT molecular complexity index is 667. The summed E-state index contributed by atoms with van der Waals surface area (Å²) in [4.78, 5) is 25.3. The van der Waals surface area contributed by atoms with E-state index in [0.29, 0.717) is 24.7 Å². The molecule has 2 rings (SSSR count). The third-order valence-corrected chi connectivity index (χ3v) is 3.69. The summed E-state index contributed by atoms with van der Waals surface area (Å²) >= 11 is 0. The van der Waals surface area contributed by atoms with E-state index in [9.17, 15) is 9.59 Å². The lowest BCUT2D eigenvalue weighted by Crippen LogP contribution is -2.33. The van der Waals surface area contributed by atoms with Gasteiger partial charge in [-0.2, -0.15) is 0 Å². The summed E-state index contributed by atoms with van der Waals surface area (Å²) in [6.45, 7) is 4.32. The largest absolute Gasteiger partial charge is 0.360 e. The van der Waals surface area contributed by atoms with Gasteiger partial charge in [-0.25, -0.2) is 0 Å². The van der Waals surface area contributed by atoms with Gasteiger partial charge in [0.2, 0.25) is 11.8 Å². The summed E-state index contributed by atoms with van der Waals surface area (Å²) in [6, 6.07) is 11.8. The predicted octanol–water partition coefficient (Wildman–Crippen LogP) is 2.79. The summed E-state index contributed by atoms with van der Waals surface area (Å²) in [5, 5.41) is 6.37. The maximum atomic E-state index is 11.9. The van der Waals surface area contributed by atoms with Gasteiger partial charge in [0.15, 0.2) is 5.82 Å². The monoisotopic (exact) mass is 329 g/mol. The van der Waals surface area contributed by atoms with E-state index in [2.05, 4.69) is 22.6 Å². The Morgan fingerprint density at radius 3 is 2.58 bits per heavy atom. The molecule has 0 unspecified atom stereocenters. The number of benzene rings is 1. The molecule has 0 fully saturated rings. The standard InChI is InChI=1S/C18H23N3O3/c1-14-13-17(20-24-14)19-18(23)10-12-21(15(2)22)11-6-9-16-7-4-3-5-8-16/h3-5,7-8,13H,6,9-12H2,1-2H3,(H,19,20,23). The fourth-order valence-corrected chi connectivity index (χ4v) is 2.41. The van der Waals surface area contributed by atoms with E-state index < -0.39 is 0 Å². The van der Waals surface area contributed by atoms with Crippen LogP contribution in [0.3, 0.4) is 0 Å². The van der Waals surface area contributed by atoms with Crippen molar-refractivity contribution in [1.29, 1.82) is 0 Å². The van der Waals surface area contributed by atoms with Gasteiger partial charge in [0.1, 0.15) is 5.76 Å². The Morgan fingerprint density at radius 2 is 1.96 bits per heavy atom. The van der Waals surface area contributed by atoms with Crippen LogP contribution in [-0.4, -0.2) is 35.0 Å². The van der Waals surface area contributed by atoms with Crippen molar-refractivity contribution in [3.8, 4) is 0 Å². The highest BCUT2D eigenvalue weighted by Crippen LogP contribution is 2.08. The van der Waals surface area contributed by atoms with Crippen LogP contribution in [0.2, 0.25) is 0 Å². The van der Waals surface area contributed by atoms with E-state index in [1.54, 1.807) is 17.9 Å². The molecule has 1 aromatic carbocycles. The Kier molecular flexibility index (Phi) is 6.54. The Balaban J connectivity index is 1.74. The number of aryl methyl sites for hydroxylation is 2. The zero-order chi connectivity index (χ0) is 17.4. The van der Waals surface area contributed by atoms with Crippen LogP contribution in [-0.2, 0) is 16.0 Å². The lowest BCUT2D eigenvalue weighted by molar-refractivity contribution is -0.129. The molecular weight excluding hydrogens is 306 g/mol. The van der Waals surface area contributed by atoms with Crippen molar-refractivity contribution in [1.82, 2.24) is 10.1 Å². The normalized spacial score (nSPS) is 10.4. The number of carbonyl (C=O) groups excluding carboxylic acids is 2. The second-order valence-electron chi connectivity index (χ2n) is 5.72. The number of nitrogens with zero attached hydrogens (tertiary/aromatic N) is 2. The first-order chi connectivity index (χ1) is 11.5. The van der Waals surface area contributed by atoms with Crippen LogP contribution in [0.15, 0.2) is 40.9 Å². The number of aromatic nitrogens is 1. The summed E-state index contributed by atoms with van der Waals surface area (Å²) in [5.74, 6) is 0.832. The van der Waals surface area contributed by atoms with Gasteiger partial charge in [-0.05, 0) is 25.3 Å². The topological polar surface area (TPSA) is 75.4 Å². The zero-order valence-corrected chi connectivity index (χ0v) is 14.1. The summed E-state index contributed by atoms with van der Waals surface area (Å²) in [7, 11) is 0. The molecule has 24 heavy (non-hydrogen) atoms. The van der Waals surface area contributed by atoms with E-state index in [-0.39, 0.29) is 18.2 Å². The number of amides is 2. The molecule has 0 saturated heterocycles. The number of rotatable bonds is 8. The van der Waals surface area contributed by atoms with E-state index in [4.69, 9.17) is 4.52 Å². The molecular formula is C18H23N3O3. The predicted molar refractivity (Wildman–Crippen MR) is 91.5 cm³/mol. The van der Waals surface area contributed by atoms with E-state index in [1.807, 2.05) is 18.2 Å². The Labute approximate surface area is 141 Å². The third kappa shape index (κ3) is 5.87. The molecule has 0 bridgehead atoms. The molecule has 0 aliphatic heterocycles. The van der Waals surface area contributed by atoms with Gasteiger partial charge in [0, 0.05) is 32.5 Å². The first-order valence-corrected chi connectivity index (χ1v) is 8.07. The van der Waals surface area contributed by atoms with Crippen LogP contribution in [0.1, 0.15) is 31.1 Å². The molecule has 1 aromatic heterocycles. The summed E-state index contributed by atoms with van der Waals surface area (Å²) < 4.78 is 4.90. The van der Waals surface area contributed by atoms with Gasteiger partial charge in [0.05, 0.1) is 0 Å². The minimum atomic E-state index is -0.183. The molecule has 0 spiro atoms. The zero-order valence-electron chi connectivity index (χ0n) is 14.1. The molecule has 1 N–H and O–H groups in total. The Hall–Kier alpha value is -2.63. The smallest absolute Gasteiger partial charge is 0.227 e. The molecule has 2 amide bonds. The van der Waals surface area contributed by atoms with E-state index in [0.717, 1.165) is 12.8 Å². The van der Waals surface area contributed by atoms with Crippen LogP contribution in [0.5, 0.6) is 0 Å². The second-order valence-corrected chi connectivity index (χ2v) is 5.72. The molecule has 0 radical (unpaired) electrons. The van der Waals surface area contributed by atoms with Crippen LogP contribution >= 0.6 is 0 Å². The molecule has 0 aliphatic rings. The van der Waals surface area contributed by atoms with Crippen molar-refractivity contribution in [3.63, 3.8) is 0 Å². The average Bonchev–Trinajstić information content (AvgIpc) is 2.96. The van der Waals surface area contributed by atoms with Gasteiger partial charge in [-0.3, -0.25) is 9.59 Å². The van der Waals surface area contributed by atoms with Crippen molar-refractivity contribution in [2.24, 2.45) is 0 Å². The highest BCUT2D eigenvalue weighted by molar-refractivity contribution is 5.90. The number of nitrogens with one attached hydrogen (secondary N) is 1. The highest BCUT2D eigenvalue weighted by Gasteiger charge is 2.12. The molecule has 6 heteroatoms. The lowest BCUT2D eigenvalue weighted by Gasteiger charge is -2.20. The van der Waals surface area contributed by atoms with Gasteiger partial charge in [-0.1, -0.05) is 35.5 Å². The van der Waals surface area contributed by atoms with Crippen LogP contribution in [0.25, 0.3) is 0 Å². The van der Waals surface area contributed by atoms with E-state index >= 15 is 0 Å². The van der Waals surface area contributed by atoms with Gasteiger partial charge >= 0.3 is 0 Å². The van der Waals surface area contributed by atoms with Crippen LogP contribution in [0, 0.1) is 6.92 Å².